The molecule has 12 aliphatic carbocycles. The summed E-state index contributed by atoms with van der Waals surface area (Å²) in [6.07, 6.45) is 24.3. The summed E-state index contributed by atoms with van der Waals surface area (Å²) >= 11 is 4.11. The van der Waals surface area contributed by atoms with E-state index in [2.05, 4.69) is 321 Å². The highest BCUT2D eigenvalue weighted by molar-refractivity contribution is 7.34. The molecule has 12 bridgehead atoms. The van der Waals surface area contributed by atoms with E-state index in [4.69, 9.17) is 0 Å². The molecule has 6 aliphatic heterocycles. The number of aryl methyl sites for hydroxylation is 9. The summed E-state index contributed by atoms with van der Waals surface area (Å²) in [5.41, 5.74) is 49.3. The molecule has 0 unspecified atom stereocenters. The molecule has 0 spiro atoms. The Balaban J connectivity index is 0.757. The van der Waals surface area contributed by atoms with Crippen molar-refractivity contribution in [1.82, 2.24) is 0 Å². The summed E-state index contributed by atoms with van der Waals surface area (Å²) in [5, 5.41) is 7.31. The van der Waals surface area contributed by atoms with Crippen molar-refractivity contribution in [2.45, 2.75) is 194 Å². The van der Waals surface area contributed by atoms with Gasteiger partial charge in [0.2, 0.25) is 0 Å². The Morgan fingerprint density at radius 1 is 0.270 bits per heavy atom. The maximum Gasteiger partial charge on any atom is 0.264 e. The third kappa shape index (κ3) is 10.0. The second-order valence-electron chi connectivity index (χ2n) is 44.0. The maximum atomic E-state index is 4.62. The van der Waals surface area contributed by atoms with Crippen LogP contribution < -0.4 is 77.6 Å². The first-order chi connectivity index (χ1) is 61.4. The summed E-state index contributed by atoms with van der Waals surface area (Å²) in [6.45, 7) is 21.3. The van der Waals surface area contributed by atoms with Crippen LogP contribution in [0, 0.1) is 116 Å². The third-order valence-corrected chi connectivity index (χ3v) is 38.3. The molecular weight excluding hydrogens is 1560 g/mol. The van der Waals surface area contributed by atoms with Crippen molar-refractivity contribution in [1.29, 1.82) is 0 Å². The van der Waals surface area contributed by atoms with Crippen LogP contribution in [0.4, 0.5) is 96.7 Å². The van der Waals surface area contributed by atoms with Crippen molar-refractivity contribution in [2.75, 3.05) is 29.8 Å². The van der Waals surface area contributed by atoms with Crippen LogP contribution in [0.5, 0.6) is 0 Å². The minimum Gasteiger partial charge on any atom is -0.356 e. The number of nitrogens with zero attached hydrogens (tertiary/aromatic N) is 5. The van der Waals surface area contributed by atoms with Gasteiger partial charge in [-0.1, -0.05) is 138 Å². The number of fused-ring (bicyclic) bond motifs is 16. The van der Waals surface area contributed by atoms with E-state index in [-0.39, 0.29) is 36.4 Å². The van der Waals surface area contributed by atoms with Gasteiger partial charge in [-0.05, 0) is 421 Å². The van der Waals surface area contributed by atoms with Crippen LogP contribution in [-0.4, -0.2) is 20.1 Å². The van der Waals surface area contributed by atoms with Crippen LogP contribution in [0.15, 0.2) is 206 Å². The molecular formula is C115H107B3N6S2. The molecule has 0 amide bonds. The minimum absolute atomic E-state index is 0.0557. The molecule has 14 aromatic rings. The Kier molecular flexibility index (Phi) is 15.0. The average molecular weight is 1670 g/mol. The fourth-order valence-corrected chi connectivity index (χ4v) is 35.7. The lowest BCUT2D eigenvalue weighted by molar-refractivity contribution is -0.00526. The molecule has 12 aromatic carbocycles. The first-order valence-electron chi connectivity index (χ1n) is 48.4. The molecule has 12 saturated carbocycles. The lowest BCUT2D eigenvalue weighted by atomic mass is 9.30. The van der Waals surface area contributed by atoms with Crippen molar-refractivity contribution in [3.05, 3.63) is 273 Å². The first-order valence-corrected chi connectivity index (χ1v) is 50.1. The van der Waals surface area contributed by atoms with E-state index >= 15 is 0 Å². The highest BCUT2D eigenvalue weighted by atomic mass is 32.1. The topological polar surface area (TPSA) is 28.2 Å². The van der Waals surface area contributed by atoms with Gasteiger partial charge in [-0.2, -0.15) is 0 Å². The molecule has 0 saturated heterocycles. The van der Waals surface area contributed by atoms with Crippen molar-refractivity contribution in [2.24, 2.45) is 53.3 Å². The maximum absolute atomic E-state index is 4.62. The van der Waals surface area contributed by atoms with Crippen LogP contribution in [-0.2, 0) is 16.2 Å². The molecule has 0 radical (unpaired) electrons. The lowest BCUT2D eigenvalue weighted by Gasteiger charge is -2.57. The Labute approximate surface area is 752 Å². The Bertz CT molecular complexity index is 7030. The van der Waals surface area contributed by atoms with E-state index in [1.165, 1.54) is 330 Å². The van der Waals surface area contributed by atoms with Gasteiger partial charge in [0.05, 0.1) is 28.4 Å². The fraction of sp³-hybridized carbons (Fsp3) is 0.339. The SMILES string of the molecule is Cc1cc(C)c(N2c3cc4c(cc3B3c5cc6c(cc5N(c5c(C)cc(C)cc5C)c5cc(C78CC9CC(CC(C9)C7)C8)cc2c53)N(c2c(C)cc(C)cc2C)c2cc(C35CC7CC(CC(C7)C3)C5)cc3c2B6c2sc5ccccc5c2N3c2ccccc2)B2c3sc5ccccc5c3N(c3ccccc3)c3cc(C56CC7CC(CC(C7)C5)C6)cc(c32)N4)c(C)c1. The van der Waals surface area contributed by atoms with E-state index in [9.17, 15) is 0 Å². The molecule has 8 heterocycles. The minimum atomic E-state index is -0.196. The van der Waals surface area contributed by atoms with Gasteiger partial charge >= 0.3 is 0 Å². The van der Waals surface area contributed by atoms with Crippen LogP contribution in [0.3, 0.4) is 0 Å². The van der Waals surface area contributed by atoms with Gasteiger partial charge in [0, 0.05) is 98.0 Å². The number of para-hydroxylation sites is 2. The predicted molar refractivity (Wildman–Crippen MR) is 536 cm³/mol. The Morgan fingerprint density at radius 2 is 0.571 bits per heavy atom. The van der Waals surface area contributed by atoms with Crippen molar-refractivity contribution in [3.8, 4) is 0 Å². The molecule has 126 heavy (non-hydrogen) atoms. The molecule has 11 heteroatoms. The quantitative estimate of drug-likeness (QED) is 0.153. The average Bonchev–Trinajstić information content (AvgIpc) is 1.41. The lowest BCUT2D eigenvalue weighted by Crippen LogP contribution is -2.66. The predicted octanol–water partition coefficient (Wildman–Crippen LogP) is 24.8. The van der Waals surface area contributed by atoms with E-state index in [0.717, 1.165) is 53.3 Å². The third-order valence-electron chi connectivity index (χ3n) is 35.8. The number of hydrogen-bond donors (Lipinski definition) is 1. The van der Waals surface area contributed by atoms with Crippen LogP contribution in [0.25, 0.3) is 20.2 Å². The van der Waals surface area contributed by atoms with Crippen molar-refractivity contribution >= 4 is 207 Å². The van der Waals surface area contributed by atoms with Crippen LogP contribution in [0.2, 0.25) is 0 Å². The van der Waals surface area contributed by atoms with Crippen LogP contribution in [0.1, 0.15) is 182 Å². The smallest absolute Gasteiger partial charge is 0.264 e. The number of rotatable bonds is 8. The zero-order valence-corrected chi connectivity index (χ0v) is 76.0. The molecule has 1 N–H and O–H groups in total. The standard InChI is InChI=1S/C115H107B3N6S2/c1-62-28-65(4)106(66(5)29-62)122-93-51-91-87(117-103-92(119-91)43-80(113-53-71-34-72(54-113)36-73(35-71)55-113)44-96(103)120(83-20-12-10-13-21-83)109-85-24-16-18-26-101(85)125-111(109)117)49-88(93)116-89-50-90-95(52-94(89)123(107-67(6)30-63(2)31-68(107)7)99-47-82(46-98(122)104(99)116)115-59-77-40-78(60-115)42-79(41-77)61-115)124(108-69(8)32-64(3)33-70(108)9)100-48-81(114-56-74-37-75(57-114)39-76(38-74)58-114)45-97-105(100)118(90)112-110(86-25-17-19-27-102(86)126-112)121(97)84-22-14-11-15-23-84/h10-33,43-52,71-79,119H,34-42,53-61H2,1-9H3. The zero-order chi connectivity index (χ0) is 83.5. The molecule has 618 valence electrons. The van der Waals surface area contributed by atoms with E-state index in [1.54, 1.807) is 16.7 Å². The van der Waals surface area contributed by atoms with Gasteiger partial charge in [0.1, 0.15) is 0 Å². The Hall–Kier alpha value is -10.4. The summed E-state index contributed by atoms with van der Waals surface area (Å²) in [7, 11) is 0. The van der Waals surface area contributed by atoms with Crippen molar-refractivity contribution < 1.29 is 0 Å². The van der Waals surface area contributed by atoms with E-state index in [1.807, 2.05) is 0 Å². The number of nitrogens with one attached hydrogen (secondary N) is 1. The van der Waals surface area contributed by atoms with Gasteiger partial charge in [-0.25, -0.2) is 0 Å². The van der Waals surface area contributed by atoms with Gasteiger partial charge in [-0.15, -0.1) is 22.7 Å². The Morgan fingerprint density at radius 3 is 0.952 bits per heavy atom. The molecule has 2 aromatic heterocycles. The molecule has 6 nitrogen and oxygen atoms in total. The highest BCUT2D eigenvalue weighted by Gasteiger charge is 2.59. The highest BCUT2D eigenvalue weighted by Crippen LogP contribution is 2.67. The summed E-state index contributed by atoms with van der Waals surface area (Å²) in [6, 6.07) is 85.6. The first kappa shape index (κ1) is 73.6. The molecule has 32 rings (SSSR count). The number of benzene rings is 12. The zero-order valence-electron chi connectivity index (χ0n) is 74.3. The van der Waals surface area contributed by atoms with Gasteiger partial charge < -0.3 is 29.8 Å². The van der Waals surface area contributed by atoms with Crippen molar-refractivity contribution in [3.63, 3.8) is 0 Å². The summed E-state index contributed by atoms with van der Waals surface area (Å²) < 4.78 is 5.58. The number of hydrogen-bond acceptors (Lipinski definition) is 8. The summed E-state index contributed by atoms with van der Waals surface area (Å²) in [5.74, 6) is 7.08. The van der Waals surface area contributed by atoms with E-state index in [0.29, 0.717) is 0 Å². The fourth-order valence-electron chi connectivity index (χ4n) is 33.0. The van der Waals surface area contributed by atoms with E-state index < -0.39 is 0 Å². The van der Waals surface area contributed by atoms with Gasteiger partial charge in [0.25, 0.3) is 20.1 Å². The molecule has 0 atom stereocenters. The number of anilines is 17. The molecule has 12 fully saturated rings. The second kappa shape index (κ2) is 25.7. The molecule has 18 aliphatic rings. The largest absolute Gasteiger partial charge is 0.356 e. The van der Waals surface area contributed by atoms with Gasteiger partial charge in [-0.3, -0.25) is 0 Å². The second-order valence-corrected chi connectivity index (χ2v) is 46.2. The van der Waals surface area contributed by atoms with Gasteiger partial charge in [0.15, 0.2) is 0 Å². The van der Waals surface area contributed by atoms with Crippen LogP contribution >= 0.6 is 22.7 Å². The normalized spacial score (nSPS) is 26.6. The monoisotopic (exact) mass is 1670 g/mol. The summed E-state index contributed by atoms with van der Waals surface area (Å²) in [4.78, 5) is 14.3. The number of thiophene rings is 2.